The first-order chi connectivity index (χ1) is 11.3. The van der Waals surface area contributed by atoms with Gasteiger partial charge in [0.15, 0.2) is 11.6 Å². The van der Waals surface area contributed by atoms with Crippen LogP contribution in [0.15, 0.2) is 36.7 Å². The number of esters is 1. The molecule has 1 radical (unpaired) electrons. The van der Waals surface area contributed by atoms with E-state index in [1.807, 2.05) is 24.3 Å². The minimum Gasteiger partial charge on any atom is -0.423 e. The topological polar surface area (TPSA) is 52.1 Å². The molecule has 1 aromatic carbocycles. The Morgan fingerprint density at radius 1 is 1.04 bits per heavy atom. The van der Waals surface area contributed by atoms with Crippen LogP contribution in [0.25, 0.3) is 11.4 Å². The molecule has 0 unspecified atom stereocenters. The van der Waals surface area contributed by atoms with Crippen LogP contribution in [0.1, 0.15) is 51.9 Å². The highest BCUT2D eigenvalue weighted by Gasteiger charge is 2.06. The van der Waals surface area contributed by atoms with Gasteiger partial charge in [-0.1, -0.05) is 63.3 Å². The van der Waals surface area contributed by atoms with Gasteiger partial charge in [0.25, 0.3) is 0 Å². The van der Waals surface area contributed by atoms with Gasteiger partial charge < -0.3 is 4.74 Å². The van der Waals surface area contributed by atoms with E-state index in [4.69, 9.17) is 4.74 Å². The van der Waals surface area contributed by atoms with Gasteiger partial charge in [0.05, 0.1) is 12.4 Å². The Balaban J connectivity index is 1.74. The van der Waals surface area contributed by atoms with E-state index in [1.165, 1.54) is 38.1 Å². The van der Waals surface area contributed by atoms with Crippen LogP contribution in [-0.4, -0.2) is 15.9 Å². The molecule has 121 valence electrons. The molecule has 0 amide bonds. The second kappa shape index (κ2) is 9.72. The molecule has 0 aliphatic heterocycles. The van der Waals surface area contributed by atoms with Gasteiger partial charge in [-0.15, -0.1) is 0 Å². The summed E-state index contributed by atoms with van der Waals surface area (Å²) in [5, 5.41) is 0. The number of aromatic nitrogens is 2. The molecule has 2 rings (SSSR count). The number of hydrogen-bond donors (Lipinski definition) is 0. The monoisotopic (exact) mass is 311 g/mol. The second-order valence-corrected chi connectivity index (χ2v) is 5.52. The molecule has 0 saturated heterocycles. The van der Waals surface area contributed by atoms with Crippen molar-refractivity contribution in [2.45, 2.75) is 51.9 Å². The minimum absolute atomic E-state index is 0.217. The van der Waals surface area contributed by atoms with Gasteiger partial charge in [-0.3, -0.25) is 4.79 Å². The van der Waals surface area contributed by atoms with Crippen molar-refractivity contribution in [3.05, 3.63) is 42.7 Å². The van der Waals surface area contributed by atoms with Gasteiger partial charge >= 0.3 is 5.97 Å². The normalized spacial score (nSPS) is 10.5. The Morgan fingerprint density at radius 3 is 2.39 bits per heavy atom. The molecule has 4 heteroatoms. The average molecular weight is 311 g/mol. The fraction of sp³-hybridized carbons (Fsp3) is 0.421. The van der Waals surface area contributed by atoms with Crippen LogP contribution in [0, 0.1) is 6.07 Å². The van der Waals surface area contributed by atoms with Crippen LogP contribution in [0.3, 0.4) is 0 Å². The van der Waals surface area contributed by atoms with Crippen LogP contribution >= 0.6 is 0 Å². The predicted molar refractivity (Wildman–Crippen MR) is 89.9 cm³/mol. The summed E-state index contributed by atoms with van der Waals surface area (Å²) in [6.45, 7) is 2.20. The molecule has 0 saturated carbocycles. The first-order valence-corrected chi connectivity index (χ1v) is 8.29. The third kappa shape index (κ3) is 6.19. The molecule has 23 heavy (non-hydrogen) atoms. The van der Waals surface area contributed by atoms with Crippen LogP contribution in [0.4, 0.5) is 0 Å². The third-order valence-electron chi connectivity index (χ3n) is 3.57. The molecule has 1 heterocycles. The SMILES string of the molecule is CCCCCCCCC(=O)Oc1cnc(-c2cc[c]cc2)nc1. The quantitative estimate of drug-likeness (QED) is 0.501. The average Bonchev–Trinajstić information content (AvgIpc) is 2.59. The molecular formula is C19H23N2O2. The maximum absolute atomic E-state index is 11.8. The molecule has 0 bridgehead atoms. The van der Waals surface area contributed by atoms with E-state index in [0.29, 0.717) is 18.0 Å². The van der Waals surface area contributed by atoms with Gasteiger partial charge in [-0.05, 0) is 12.5 Å². The van der Waals surface area contributed by atoms with Crippen LogP contribution < -0.4 is 4.74 Å². The van der Waals surface area contributed by atoms with Crippen molar-refractivity contribution < 1.29 is 9.53 Å². The van der Waals surface area contributed by atoms with Crippen molar-refractivity contribution in [3.8, 4) is 17.1 Å². The number of carbonyl (C=O) groups is 1. The Labute approximate surface area is 137 Å². The van der Waals surface area contributed by atoms with Crippen molar-refractivity contribution in [2.75, 3.05) is 0 Å². The Hall–Kier alpha value is -2.23. The lowest BCUT2D eigenvalue weighted by Crippen LogP contribution is -2.08. The molecule has 1 aromatic heterocycles. The summed E-state index contributed by atoms with van der Waals surface area (Å²) in [7, 11) is 0. The Kier molecular flexibility index (Phi) is 7.24. The maximum Gasteiger partial charge on any atom is 0.311 e. The zero-order valence-corrected chi connectivity index (χ0v) is 13.6. The highest BCUT2D eigenvalue weighted by molar-refractivity contribution is 5.72. The van der Waals surface area contributed by atoms with Crippen molar-refractivity contribution >= 4 is 5.97 Å². The van der Waals surface area contributed by atoms with E-state index >= 15 is 0 Å². The molecule has 0 N–H and O–H groups in total. The smallest absolute Gasteiger partial charge is 0.311 e. The molecular weight excluding hydrogens is 288 g/mol. The van der Waals surface area contributed by atoms with E-state index in [2.05, 4.69) is 23.0 Å². The standard InChI is InChI=1S/C19H23N2O2/c1-2-3-4-5-6-10-13-18(22)23-17-14-20-19(21-15-17)16-11-8-7-9-12-16/h8-9,11-12,14-15H,2-6,10,13H2,1H3. The van der Waals surface area contributed by atoms with Gasteiger partial charge in [-0.2, -0.15) is 0 Å². The van der Waals surface area contributed by atoms with E-state index in [9.17, 15) is 4.79 Å². The lowest BCUT2D eigenvalue weighted by Gasteiger charge is -2.05. The number of unbranched alkanes of at least 4 members (excludes halogenated alkanes) is 5. The number of benzene rings is 1. The summed E-state index contributed by atoms with van der Waals surface area (Å²) in [5.74, 6) is 0.785. The highest BCUT2D eigenvalue weighted by atomic mass is 16.5. The van der Waals surface area contributed by atoms with Crippen molar-refractivity contribution in [1.29, 1.82) is 0 Å². The van der Waals surface area contributed by atoms with Gasteiger partial charge in [0.2, 0.25) is 0 Å². The molecule has 0 fully saturated rings. The summed E-state index contributed by atoms with van der Waals surface area (Å²) in [6, 6.07) is 10.4. The number of carbonyl (C=O) groups excluding carboxylic acids is 1. The van der Waals surface area contributed by atoms with Crippen LogP contribution in [0.2, 0.25) is 0 Å². The van der Waals surface area contributed by atoms with Crippen molar-refractivity contribution in [1.82, 2.24) is 9.97 Å². The molecule has 0 aliphatic carbocycles. The van der Waals surface area contributed by atoms with E-state index in [1.54, 1.807) is 0 Å². The largest absolute Gasteiger partial charge is 0.423 e. The van der Waals surface area contributed by atoms with Crippen molar-refractivity contribution in [2.24, 2.45) is 0 Å². The fourth-order valence-corrected chi connectivity index (χ4v) is 2.29. The predicted octanol–water partition coefficient (Wildman–Crippen LogP) is 4.60. The summed E-state index contributed by atoms with van der Waals surface area (Å²) in [4.78, 5) is 20.2. The zero-order chi connectivity index (χ0) is 16.3. The van der Waals surface area contributed by atoms with Gasteiger partial charge in [-0.25, -0.2) is 9.97 Å². The molecule has 2 aromatic rings. The molecule has 0 spiro atoms. The Bertz CT molecular complexity index is 582. The van der Waals surface area contributed by atoms with Crippen LogP contribution in [0.5, 0.6) is 5.75 Å². The van der Waals surface area contributed by atoms with E-state index < -0.39 is 0 Å². The first kappa shape index (κ1) is 17.1. The molecule has 4 nitrogen and oxygen atoms in total. The minimum atomic E-state index is -0.217. The third-order valence-corrected chi connectivity index (χ3v) is 3.57. The van der Waals surface area contributed by atoms with E-state index in [-0.39, 0.29) is 5.97 Å². The lowest BCUT2D eigenvalue weighted by molar-refractivity contribution is -0.134. The number of hydrogen-bond acceptors (Lipinski definition) is 4. The highest BCUT2D eigenvalue weighted by Crippen LogP contribution is 2.16. The lowest BCUT2D eigenvalue weighted by atomic mass is 10.1. The Morgan fingerprint density at radius 2 is 1.70 bits per heavy atom. The van der Waals surface area contributed by atoms with Crippen molar-refractivity contribution in [3.63, 3.8) is 0 Å². The van der Waals surface area contributed by atoms with Gasteiger partial charge in [0.1, 0.15) is 0 Å². The first-order valence-electron chi connectivity index (χ1n) is 8.29. The van der Waals surface area contributed by atoms with Gasteiger partial charge in [0, 0.05) is 12.0 Å². The summed E-state index contributed by atoms with van der Waals surface area (Å²) < 4.78 is 5.26. The fourth-order valence-electron chi connectivity index (χ4n) is 2.29. The second-order valence-electron chi connectivity index (χ2n) is 5.52. The number of rotatable bonds is 9. The number of ether oxygens (including phenoxy) is 1. The maximum atomic E-state index is 11.8. The summed E-state index contributed by atoms with van der Waals surface area (Å²) in [5.41, 5.74) is 0.911. The zero-order valence-electron chi connectivity index (χ0n) is 13.6. The van der Waals surface area contributed by atoms with E-state index in [0.717, 1.165) is 18.4 Å². The molecule has 0 aliphatic rings. The summed E-state index contributed by atoms with van der Waals surface area (Å²) >= 11 is 0. The van der Waals surface area contributed by atoms with Crippen LogP contribution in [-0.2, 0) is 4.79 Å². The molecule has 0 atom stereocenters. The number of nitrogens with zero attached hydrogens (tertiary/aromatic N) is 2. The summed E-state index contributed by atoms with van der Waals surface area (Å²) in [6.07, 6.45) is 10.4.